The highest BCUT2D eigenvalue weighted by Gasteiger charge is 2.27. The normalized spacial score (nSPS) is 12.9. The highest BCUT2D eigenvalue weighted by Crippen LogP contribution is 2.34. The van der Waals surface area contributed by atoms with Gasteiger partial charge in [-0.15, -0.1) is 4.72 Å². The Morgan fingerprint density at radius 3 is 2.60 bits per heavy atom. The molecule has 0 bridgehead atoms. The number of aldehydes is 1. The molecule has 134 valence electrons. The minimum absolute atomic E-state index is 0.0141. The lowest BCUT2D eigenvalue weighted by atomic mass is 10.2. The number of nitrogens with one attached hydrogen (secondary N) is 1. The third-order valence-corrected chi connectivity index (χ3v) is 5.92. The topological polar surface area (TPSA) is 65.0 Å². The van der Waals surface area contributed by atoms with Gasteiger partial charge in [0.2, 0.25) is 0 Å². The van der Waals surface area contributed by atoms with Crippen molar-refractivity contribution in [2.75, 3.05) is 0 Å². The summed E-state index contributed by atoms with van der Waals surface area (Å²) < 4.78 is 42.9. The van der Waals surface area contributed by atoms with Gasteiger partial charge in [-0.3, -0.25) is 4.79 Å². The van der Waals surface area contributed by atoms with Gasteiger partial charge in [0.25, 0.3) is 0 Å². The summed E-state index contributed by atoms with van der Waals surface area (Å²) >= 11 is -0.565. The van der Waals surface area contributed by atoms with Crippen molar-refractivity contribution in [3.63, 3.8) is 0 Å². The van der Waals surface area contributed by atoms with Crippen molar-refractivity contribution < 1.29 is 18.1 Å². The van der Waals surface area contributed by atoms with Crippen LogP contribution in [0.2, 0.25) is 0 Å². The number of hydrogen-bond donors (Lipinski definition) is 1. The average molecular weight is 384 g/mol. The van der Waals surface area contributed by atoms with Crippen LogP contribution in [0.25, 0.3) is 0 Å². The quantitative estimate of drug-likeness (QED) is 0.605. The number of halogens is 2. The van der Waals surface area contributed by atoms with Crippen LogP contribution < -0.4 is 4.72 Å². The summed E-state index contributed by atoms with van der Waals surface area (Å²) in [5.41, 5.74) is 0.332. The molecule has 0 aliphatic heterocycles. The summed E-state index contributed by atoms with van der Waals surface area (Å²) in [6.07, 6.45) is 2.08. The molecule has 0 spiro atoms. The molecular weight excluding hydrogens is 366 g/mol. The number of nitrogens with zero attached hydrogens (tertiary/aromatic N) is 1. The molecule has 0 aliphatic rings. The number of hydrogen-bond acceptors (Lipinski definition) is 5. The van der Waals surface area contributed by atoms with E-state index >= 15 is 0 Å². The first-order chi connectivity index (χ1) is 11.7. The molecule has 0 aliphatic carbocycles. The lowest BCUT2D eigenvalue weighted by Crippen LogP contribution is -2.39. The van der Waals surface area contributed by atoms with Gasteiger partial charge in [0.1, 0.15) is 21.4 Å². The second-order valence-corrected chi connectivity index (χ2v) is 9.21. The van der Waals surface area contributed by atoms with E-state index in [-0.39, 0.29) is 27.6 Å². The zero-order valence-corrected chi connectivity index (χ0v) is 15.6. The first-order valence-electron chi connectivity index (χ1n) is 7.44. The molecule has 1 N–H and O–H groups in total. The fraction of sp³-hybridized carbons (Fsp3) is 0.294. The Bertz CT molecular complexity index is 767. The fourth-order valence-corrected chi connectivity index (χ4v) is 3.59. The van der Waals surface area contributed by atoms with Crippen LogP contribution in [0.15, 0.2) is 40.4 Å². The van der Waals surface area contributed by atoms with Crippen molar-refractivity contribution in [3.8, 4) is 0 Å². The number of pyridine rings is 1. The molecular formula is C17H18F2N2O2S2. The number of carbonyl (C=O) groups excluding carboxylic acids is 1. The second-order valence-electron chi connectivity index (χ2n) is 6.16. The van der Waals surface area contributed by atoms with Crippen LogP contribution in [0.5, 0.6) is 0 Å². The van der Waals surface area contributed by atoms with E-state index in [2.05, 4.69) is 9.71 Å². The fourth-order valence-electron chi connectivity index (χ4n) is 1.88. The van der Waals surface area contributed by atoms with Crippen LogP contribution >= 0.6 is 11.8 Å². The smallest absolute Gasteiger partial charge is 0.152 e. The summed E-state index contributed by atoms with van der Waals surface area (Å²) in [4.78, 5) is 15.2. The van der Waals surface area contributed by atoms with Gasteiger partial charge in [0, 0.05) is 28.7 Å². The minimum Gasteiger partial charge on any atom is -0.598 e. The van der Waals surface area contributed by atoms with Gasteiger partial charge in [0.05, 0.1) is 11.4 Å². The molecule has 1 atom stereocenters. The van der Waals surface area contributed by atoms with Gasteiger partial charge in [-0.1, -0.05) is 11.8 Å². The standard InChI is InChI=1S/C17H18F2N2O2S2/c1-17(2,3)25(23)21-9-12-13(18)6-7-14(19)15(12)24-16-11(10-22)5-4-8-20-16/h4-8,10,21H,9H2,1-3H3. The lowest BCUT2D eigenvalue weighted by Gasteiger charge is -2.24. The van der Waals surface area contributed by atoms with Crippen molar-refractivity contribution in [2.45, 2.75) is 42.0 Å². The Labute approximate surface area is 152 Å². The van der Waals surface area contributed by atoms with Crippen LogP contribution in [0.3, 0.4) is 0 Å². The molecule has 1 unspecified atom stereocenters. The van der Waals surface area contributed by atoms with Crippen molar-refractivity contribution in [1.29, 1.82) is 0 Å². The number of carbonyl (C=O) groups is 1. The molecule has 0 saturated carbocycles. The Hall–Kier alpha value is -1.48. The van der Waals surface area contributed by atoms with Crippen LogP contribution in [0.1, 0.15) is 36.7 Å². The largest absolute Gasteiger partial charge is 0.598 e. The van der Waals surface area contributed by atoms with E-state index in [1.54, 1.807) is 32.9 Å². The molecule has 1 aromatic heterocycles. The van der Waals surface area contributed by atoms with Crippen LogP contribution in [-0.4, -0.2) is 20.6 Å². The Balaban J connectivity index is 2.34. The summed E-state index contributed by atoms with van der Waals surface area (Å²) in [5.74, 6) is -1.25. The molecule has 1 heterocycles. The van der Waals surface area contributed by atoms with E-state index in [4.69, 9.17) is 0 Å². The van der Waals surface area contributed by atoms with Gasteiger partial charge in [0.15, 0.2) is 6.29 Å². The minimum atomic E-state index is -1.43. The number of aromatic nitrogens is 1. The second kappa shape index (κ2) is 8.27. The SMILES string of the molecule is CC(C)(C)[S+]([O-])NCc1c(F)ccc(F)c1Sc1ncccc1C=O. The molecule has 2 rings (SSSR count). The predicted octanol–water partition coefficient (Wildman–Crippen LogP) is 3.88. The molecule has 1 aromatic carbocycles. The van der Waals surface area contributed by atoms with E-state index in [1.165, 1.54) is 6.20 Å². The van der Waals surface area contributed by atoms with Gasteiger partial charge in [-0.05, 0) is 45.0 Å². The maximum Gasteiger partial charge on any atom is 0.152 e. The average Bonchev–Trinajstić information content (AvgIpc) is 2.57. The Morgan fingerprint density at radius 2 is 1.96 bits per heavy atom. The van der Waals surface area contributed by atoms with E-state index in [1.807, 2.05) is 0 Å². The first kappa shape index (κ1) is 19.8. The predicted molar refractivity (Wildman–Crippen MR) is 94.8 cm³/mol. The monoisotopic (exact) mass is 384 g/mol. The molecule has 2 aromatic rings. The summed E-state index contributed by atoms with van der Waals surface area (Å²) in [6, 6.07) is 5.18. The lowest BCUT2D eigenvalue weighted by molar-refractivity contribution is 0.112. The van der Waals surface area contributed by atoms with Crippen molar-refractivity contribution in [2.24, 2.45) is 0 Å². The zero-order chi connectivity index (χ0) is 18.6. The van der Waals surface area contributed by atoms with Crippen molar-refractivity contribution in [1.82, 2.24) is 9.71 Å². The van der Waals surface area contributed by atoms with Gasteiger partial charge in [-0.25, -0.2) is 13.8 Å². The highest BCUT2D eigenvalue weighted by atomic mass is 32.2. The van der Waals surface area contributed by atoms with Crippen LogP contribution in [-0.2, 0) is 17.9 Å². The summed E-state index contributed by atoms with van der Waals surface area (Å²) in [7, 11) is 0. The molecule has 0 fully saturated rings. The van der Waals surface area contributed by atoms with Crippen molar-refractivity contribution in [3.05, 3.63) is 53.2 Å². The van der Waals surface area contributed by atoms with Gasteiger partial charge in [-0.2, -0.15) is 0 Å². The number of benzene rings is 1. The molecule has 4 nitrogen and oxygen atoms in total. The van der Waals surface area contributed by atoms with Gasteiger partial charge >= 0.3 is 0 Å². The third kappa shape index (κ3) is 5.01. The van der Waals surface area contributed by atoms with E-state index < -0.39 is 27.7 Å². The van der Waals surface area contributed by atoms with Crippen molar-refractivity contribution >= 4 is 29.4 Å². The molecule has 0 amide bonds. The highest BCUT2D eigenvalue weighted by molar-refractivity contribution is 7.99. The molecule has 8 heteroatoms. The number of rotatable bonds is 6. The molecule has 0 saturated heterocycles. The first-order valence-corrected chi connectivity index (χ1v) is 9.41. The maximum atomic E-state index is 14.3. The molecule has 0 radical (unpaired) electrons. The zero-order valence-electron chi connectivity index (χ0n) is 14.0. The maximum absolute atomic E-state index is 14.3. The van der Waals surface area contributed by atoms with Gasteiger partial charge < -0.3 is 4.55 Å². The van der Waals surface area contributed by atoms with E-state index in [0.717, 1.165) is 23.9 Å². The van der Waals surface area contributed by atoms with E-state index in [0.29, 0.717) is 6.29 Å². The van der Waals surface area contributed by atoms with E-state index in [9.17, 15) is 18.1 Å². The van der Waals surface area contributed by atoms with Crippen LogP contribution in [0, 0.1) is 11.6 Å². The Kier molecular flexibility index (Phi) is 6.56. The van der Waals surface area contributed by atoms with Crippen LogP contribution in [0.4, 0.5) is 8.78 Å². The summed E-state index contributed by atoms with van der Waals surface area (Å²) in [6.45, 7) is 5.22. The molecule has 25 heavy (non-hydrogen) atoms. The Morgan fingerprint density at radius 1 is 1.28 bits per heavy atom. The summed E-state index contributed by atoms with van der Waals surface area (Å²) in [5, 5.41) is 0.278. The third-order valence-electron chi connectivity index (χ3n) is 3.22.